The van der Waals surface area contributed by atoms with Gasteiger partial charge in [0, 0.05) is 24.6 Å². The van der Waals surface area contributed by atoms with Gasteiger partial charge >= 0.3 is 5.97 Å². The molecule has 4 nitrogen and oxygen atoms in total. The number of methoxy groups -OCH3 is 1. The molecule has 21 heavy (non-hydrogen) atoms. The summed E-state index contributed by atoms with van der Waals surface area (Å²) in [5, 5.41) is 3.58. The zero-order valence-electron chi connectivity index (χ0n) is 13.3. The fourth-order valence-corrected chi connectivity index (χ4v) is 2.83. The minimum Gasteiger partial charge on any atom is -0.465 e. The second kappa shape index (κ2) is 6.58. The van der Waals surface area contributed by atoms with E-state index in [1.54, 1.807) is 12.1 Å². The van der Waals surface area contributed by atoms with E-state index in [1.165, 1.54) is 12.7 Å². The van der Waals surface area contributed by atoms with Crippen molar-refractivity contribution >= 4 is 5.97 Å². The molecule has 116 valence electrons. The van der Waals surface area contributed by atoms with Gasteiger partial charge in [-0.3, -0.25) is 0 Å². The average Bonchev–Trinajstić information content (AvgIpc) is 2.50. The van der Waals surface area contributed by atoms with Gasteiger partial charge in [0.25, 0.3) is 0 Å². The van der Waals surface area contributed by atoms with Crippen molar-refractivity contribution in [3.05, 3.63) is 35.4 Å². The molecule has 0 bridgehead atoms. The lowest BCUT2D eigenvalue weighted by molar-refractivity contribution is -0.114. The number of benzene rings is 1. The largest absolute Gasteiger partial charge is 0.465 e. The summed E-state index contributed by atoms with van der Waals surface area (Å²) in [6.07, 6.45) is 1.41. The minimum absolute atomic E-state index is 0.169. The molecule has 4 heteroatoms. The fraction of sp³-hybridized carbons (Fsp3) is 0.588. The molecule has 2 atom stereocenters. The van der Waals surface area contributed by atoms with Crippen molar-refractivity contribution in [2.24, 2.45) is 5.41 Å². The second-order valence-electron chi connectivity index (χ2n) is 6.12. The SMILES string of the molecule is CCOC1CC(NCc2ccc(C(=O)OC)cc2)C1(C)C. The molecule has 1 aromatic rings. The molecule has 0 saturated heterocycles. The lowest BCUT2D eigenvalue weighted by Gasteiger charge is -2.52. The third-order valence-corrected chi connectivity index (χ3v) is 4.47. The average molecular weight is 291 g/mol. The van der Waals surface area contributed by atoms with Gasteiger partial charge in [-0.05, 0) is 31.0 Å². The van der Waals surface area contributed by atoms with Crippen molar-refractivity contribution in [3.8, 4) is 0 Å². The minimum atomic E-state index is -0.297. The Kier molecular flexibility index (Phi) is 5.01. The van der Waals surface area contributed by atoms with Gasteiger partial charge in [0.05, 0.1) is 18.8 Å². The molecule has 2 unspecified atom stereocenters. The Hall–Kier alpha value is -1.39. The predicted octanol–water partition coefficient (Wildman–Crippen LogP) is 2.77. The summed E-state index contributed by atoms with van der Waals surface area (Å²) in [5.74, 6) is -0.297. The topological polar surface area (TPSA) is 47.6 Å². The highest BCUT2D eigenvalue weighted by molar-refractivity contribution is 5.89. The van der Waals surface area contributed by atoms with Crippen LogP contribution in [-0.4, -0.2) is 31.8 Å². The van der Waals surface area contributed by atoms with Crippen LogP contribution in [0.1, 0.15) is 43.1 Å². The molecule has 0 heterocycles. The predicted molar refractivity (Wildman–Crippen MR) is 82.2 cm³/mol. The van der Waals surface area contributed by atoms with Crippen LogP contribution >= 0.6 is 0 Å². The van der Waals surface area contributed by atoms with Crippen LogP contribution in [-0.2, 0) is 16.0 Å². The molecule has 0 spiro atoms. The van der Waals surface area contributed by atoms with E-state index in [2.05, 4.69) is 19.2 Å². The van der Waals surface area contributed by atoms with Crippen LogP contribution < -0.4 is 5.32 Å². The molecule has 1 aliphatic carbocycles. The van der Waals surface area contributed by atoms with E-state index in [0.717, 1.165) is 19.6 Å². The maximum atomic E-state index is 11.4. The molecular weight excluding hydrogens is 266 g/mol. The normalized spacial score (nSPS) is 23.4. The molecule has 2 rings (SSSR count). The van der Waals surface area contributed by atoms with Crippen LogP contribution in [0.2, 0.25) is 0 Å². The van der Waals surface area contributed by atoms with Gasteiger partial charge in [-0.1, -0.05) is 26.0 Å². The van der Waals surface area contributed by atoms with Gasteiger partial charge < -0.3 is 14.8 Å². The quantitative estimate of drug-likeness (QED) is 0.819. The van der Waals surface area contributed by atoms with E-state index in [9.17, 15) is 4.79 Å². The van der Waals surface area contributed by atoms with Crippen molar-refractivity contribution < 1.29 is 14.3 Å². The summed E-state index contributed by atoms with van der Waals surface area (Å²) >= 11 is 0. The molecule has 0 aliphatic heterocycles. The van der Waals surface area contributed by atoms with Crippen LogP contribution in [0.4, 0.5) is 0 Å². The lowest BCUT2D eigenvalue weighted by Crippen LogP contribution is -2.60. The van der Waals surface area contributed by atoms with Crippen LogP contribution in [0.3, 0.4) is 0 Å². The number of esters is 1. The highest BCUT2D eigenvalue weighted by Gasteiger charge is 2.48. The van der Waals surface area contributed by atoms with Gasteiger partial charge in [-0.25, -0.2) is 4.79 Å². The van der Waals surface area contributed by atoms with Gasteiger partial charge in [0.2, 0.25) is 0 Å². The number of ether oxygens (including phenoxy) is 2. The van der Waals surface area contributed by atoms with E-state index in [0.29, 0.717) is 17.7 Å². The summed E-state index contributed by atoms with van der Waals surface area (Å²) < 4.78 is 10.4. The molecule has 1 aromatic carbocycles. The Bertz CT molecular complexity index is 481. The maximum Gasteiger partial charge on any atom is 0.337 e. The van der Waals surface area contributed by atoms with E-state index in [-0.39, 0.29) is 11.4 Å². The molecule has 0 aromatic heterocycles. The monoisotopic (exact) mass is 291 g/mol. The zero-order valence-corrected chi connectivity index (χ0v) is 13.3. The van der Waals surface area contributed by atoms with Crippen LogP contribution in [0.25, 0.3) is 0 Å². The smallest absolute Gasteiger partial charge is 0.337 e. The maximum absolute atomic E-state index is 11.4. The molecule has 0 radical (unpaired) electrons. The van der Waals surface area contributed by atoms with E-state index >= 15 is 0 Å². The molecule has 0 amide bonds. The van der Waals surface area contributed by atoms with Crippen LogP contribution in [0, 0.1) is 5.41 Å². The third kappa shape index (κ3) is 3.44. The molecule has 1 aliphatic rings. The van der Waals surface area contributed by atoms with Crippen LogP contribution in [0.5, 0.6) is 0 Å². The van der Waals surface area contributed by atoms with E-state index in [4.69, 9.17) is 9.47 Å². The summed E-state index contributed by atoms with van der Waals surface area (Å²) in [5.41, 5.74) is 1.92. The molecule has 1 fully saturated rings. The lowest BCUT2D eigenvalue weighted by atomic mass is 9.64. The first-order chi connectivity index (χ1) is 9.98. The molecular formula is C17H25NO3. The Balaban J connectivity index is 1.85. The first-order valence-corrected chi connectivity index (χ1v) is 7.51. The Labute approximate surface area is 126 Å². The highest BCUT2D eigenvalue weighted by Crippen LogP contribution is 2.42. The number of rotatable bonds is 6. The Morgan fingerprint density at radius 1 is 1.33 bits per heavy atom. The number of hydrogen-bond donors (Lipinski definition) is 1. The van der Waals surface area contributed by atoms with E-state index in [1.807, 2.05) is 19.1 Å². The zero-order chi connectivity index (χ0) is 15.5. The fourth-order valence-electron chi connectivity index (χ4n) is 2.83. The van der Waals surface area contributed by atoms with Crippen LogP contribution in [0.15, 0.2) is 24.3 Å². The van der Waals surface area contributed by atoms with Crippen molar-refractivity contribution in [1.29, 1.82) is 0 Å². The summed E-state index contributed by atoms with van der Waals surface area (Å²) in [4.78, 5) is 11.4. The second-order valence-corrected chi connectivity index (χ2v) is 6.12. The van der Waals surface area contributed by atoms with Gasteiger partial charge in [-0.15, -0.1) is 0 Å². The summed E-state index contributed by atoms with van der Waals surface area (Å²) in [6.45, 7) is 8.10. The summed E-state index contributed by atoms with van der Waals surface area (Å²) in [6, 6.07) is 8.00. The van der Waals surface area contributed by atoms with Crippen molar-refractivity contribution in [1.82, 2.24) is 5.32 Å². The first-order valence-electron chi connectivity index (χ1n) is 7.51. The van der Waals surface area contributed by atoms with E-state index < -0.39 is 0 Å². The number of hydrogen-bond acceptors (Lipinski definition) is 4. The molecule has 1 N–H and O–H groups in total. The van der Waals surface area contributed by atoms with Gasteiger partial charge in [-0.2, -0.15) is 0 Å². The van der Waals surface area contributed by atoms with Gasteiger partial charge in [0.1, 0.15) is 0 Å². The number of nitrogens with one attached hydrogen (secondary N) is 1. The van der Waals surface area contributed by atoms with Crippen molar-refractivity contribution in [2.45, 2.75) is 45.9 Å². The van der Waals surface area contributed by atoms with Gasteiger partial charge in [0.15, 0.2) is 0 Å². The third-order valence-electron chi connectivity index (χ3n) is 4.47. The number of carbonyl (C=O) groups is 1. The van der Waals surface area contributed by atoms with Crippen molar-refractivity contribution in [3.63, 3.8) is 0 Å². The highest BCUT2D eigenvalue weighted by atomic mass is 16.5. The number of carbonyl (C=O) groups excluding carboxylic acids is 1. The molecule has 1 saturated carbocycles. The summed E-state index contributed by atoms with van der Waals surface area (Å²) in [7, 11) is 1.39. The first kappa shape index (κ1) is 16.0. The van der Waals surface area contributed by atoms with Crippen molar-refractivity contribution in [2.75, 3.05) is 13.7 Å². The Morgan fingerprint density at radius 2 is 2.00 bits per heavy atom. The Morgan fingerprint density at radius 3 is 2.52 bits per heavy atom. The standard InChI is InChI=1S/C17H25NO3/c1-5-21-15-10-14(17(15,2)3)18-11-12-6-8-13(9-7-12)16(19)20-4/h6-9,14-15,18H,5,10-11H2,1-4H3.